The van der Waals surface area contributed by atoms with Crippen LogP contribution in [0.1, 0.15) is 60.1 Å². The van der Waals surface area contributed by atoms with Gasteiger partial charge in [0, 0.05) is 51.0 Å². The number of carboxylic acid groups (broad SMARTS) is 1. The molecule has 5 N–H and O–H groups in total. The number of piperidine rings is 1. The lowest BCUT2D eigenvalue weighted by molar-refractivity contribution is -0.121. The molecule has 12 nitrogen and oxygen atoms in total. The molecule has 40 heavy (non-hydrogen) atoms. The van der Waals surface area contributed by atoms with Crippen LogP contribution >= 0.6 is 0 Å². The minimum absolute atomic E-state index is 0.0127. The van der Waals surface area contributed by atoms with Crippen molar-refractivity contribution in [2.75, 3.05) is 31.5 Å². The van der Waals surface area contributed by atoms with Crippen LogP contribution in [-0.2, 0) is 17.6 Å². The van der Waals surface area contributed by atoms with Crippen molar-refractivity contribution in [1.82, 2.24) is 30.8 Å². The van der Waals surface area contributed by atoms with Gasteiger partial charge in [0.25, 0.3) is 5.91 Å². The van der Waals surface area contributed by atoms with Crippen LogP contribution in [-0.4, -0.2) is 76.1 Å². The van der Waals surface area contributed by atoms with Gasteiger partial charge < -0.3 is 26.0 Å². The predicted octanol–water partition coefficient (Wildman–Crippen LogP) is 2.56. The summed E-state index contributed by atoms with van der Waals surface area (Å²) < 4.78 is 0. The number of rotatable bonds is 11. The quantitative estimate of drug-likeness (QED) is 0.268. The molecule has 1 fully saturated rings. The largest absolute Gasteiger partial charge is 0.465 e. The highest BCUT2D eigenvalue weighted by molar-refractivity contribution is 6.00. The van der Waals surface area contributed by atoms with E-state index in [-0.39, 0.29) is 41.3 Å². The third-order valence-electron chi connectivity index (χ3n) is 7.37. The molecule has 1 aliphatic heterocycles. The molecule has 0 saturated carbocycles. The maximum atomic E-state index is 13.0. The summed E-state index contributed by atoms with van der Waals surface area (Å²) in [6.07, 6.45) is 7.48. The standard InChI is InChI=1S/C28H37N7O5/c36-23(8-2-1-5-11-31-28(39)40)32-18-19-9-14-35(15-10-19)27(38)34-25-24(29-12-13-30-25)26(37)33-22-16-20-6-3-4-7-21(20)17-22/h3-4,6-7,12-13,19,22,31H,1-2,5,8-11,14-18H2,(H,32,36)(H,33,37)(H,39,40)(H,30,34,38). The number of fused-ring (bicyclic) bond motifs is 1. The number of unbranched alkanes of at least 4 members (excludes halogenated alkanes) is 2. The van der Waals surface area contributed by atoms with Crippen molar-refractivity contribution in [3.05, 3.63) is 53.5 Å². The molecule has 2 aromatic rings. The fourth-order valence-electron chi connectivity index (χ4n) is 5.16. The van der Waals surface area contributed by atoms with Gasteiger partial charge in [0.1, 0.15) is 0 Å². The molecule has 0 radical (unpaired) electrons. The van der Waals surface area contributed by atoms with Crippen LogP contribution in [0.4, 0.5) is 15.4 Å². The van der Waals surface area contributed by atoms with Crippen molar-refractivity contribution < 1.29 is 24.3 Å². The van der Waals surface area contributed by atoms with Crippen LogP contribution in [0, 0.1) is 5.92 Å². The Balaban J connectivity index is 1.16. The number of likely N-dealkylation sites (tertiary alicyclic amines) is 1. The highest BCUT2D eigenvalue weighted by Gasteiger charge is 2.27. The van der Waals surface area contributed by atoms with Gasteiger partial charge in [0.05, 0.1) is 0 Å². The molecule has 1 aromatic heterocycles. The molecule has 1 saturated heterocycles. The fraction of sp³-hybridized carbons (Fsp3) is 0.500. The summed E-state index contributed by atoms with van der Waals surface area (Å²) in [6, 6.07) is 7.77. The first-order valence-electron chi connectivity index (χ1n) is 13.9. The van der Waals surface area contributed by atoms with Crippen LogP contribution in [0.2, 0.25) is 0 Å². The third kappa shape index (κ3) is 8.39. The van der Waals surface area contributed by atoms with Crippen LogP contribution in [0.5, 0.6) is 0 Å². The van der Waals surface area contributed by atoms with Crippen molar-refractivity contribution in [3.8, 4) is 0 Å². The smallest absolute Gasteiger partial charge is 0.404 e. The number of carbonyl (C=O) groups excluding carboxylic acids is 3. The Hall–Kier alpha value is -4.22. The summed E-state index contributed by atoms with van der Waals surface area (Å²) in [6.45, 7) is 2.02. The Labute approximate surface area is 233 Å². The zero-order valence-electron chi connectivity index (χ0n) is 22.5. The van der Waals surface area contributed by atoms with E-state index in [9.17, 15) is 19.2 Å². The second kappa shape index (κ2) is 14.2. The zero-order chi connectivity index (χ0) is 28.3. The lowest BCUT2D eigenvalue weighted by atomic mass is 9.97. The number of benzene rings is 1. The van der Waals surface area contributed by atoms with Crippen LogP contribution in [0.15, 0.2) is 36.7 Å². The summed E-state index contributed by atoms with van der Waals surface area (Å²) in [5.41, 5.74) is 2.54. The lowest BCUT2D eigenvalue weighted by Gasteiger charge is -2.32. The van der Waals surface area contributed by atoms with Crippen molar-refractivity contribution in [2.45, 2.75) is 57.4 Å². The maximum Gasteiger partial charge on any atom is 0.404 e. The first-order valence-corrected chi connectivity index (χ1v) is 13.9. The van der Waals surface area contributed by atoms with E-state index < -0.39 is 6.09 Å². The van der Waals surface area contributed by atoms with E-state index in [1.807, 2.05) is 12.1 Å². The molecule has 0 unspecified atom stereocenters. The number of nitrogens with one attached hydrogen (secondary N) is 4. The van der Waals surface area contributed by atoms with Crippen molar-refractivity contribution in [2.24, 2.45) is 5.92 Å². The monoisotopic (exact) mass is 551 g/mol. The first-order chi connectivity index (χ1) is 19.4. The Morgan fingerprint density at radius 3 is 2.33 bits per heavy atom. The average molecular weight is 552 g/mol. The first kappa shape index (κ1) is 28.8. The van der Waals surface area contributed by atoms with E-state index in [1.165, 1.54) is 23.5 Å². The maximum absolute atomic E-state index is 13.0. The third-order valence-corrected chi connectivity index (χ3v) is 7.37. The van der Waals surface area contributed by atoms with E-state index >= 15 is 0 Å². The van der Waals surface area contributed by atoms with Crippen LogP contribution < -0.4 is 21.3 Å². The number of anilines is 1. The van der Waals surface area contributed by atoms with Gasteiger partial charge >= 0.3 is 12.1 Å². The number of amides is 5. The molecule has 214 valence electrons. The molecule has 1 aromatic carbocycles. The van der Waals surface area contributed by atoms with E-state index in [1.54, 1.807) is 4.90 Å². The minimum atomic E-state index is -1.03. The predicted molar refractivity (Wildman–Crippen MR) is 148 cm³/mol. The molecule has 1 aliphatic carbocycles. The van der Waals surface area contributed by atoms with Gasteiger partial charge in [0.15, 0.2) is 11.5 Å². The second-order valence-corrected chi connectivity index (χ2v) is 10.3. The number of nitrogens with zero attached hydrogens (tertiary/aromatic N) is 3. The summed E-state index contributed by atoms with van der Waals surface area (Å²) in [7, 11) is 0. The molecule has 4 rings (SSSR count). The van der Waals surface area contributed by atoms with E-state index in [0.717, 1.165) is 32.1 Å². The topological polar surface area (TPSA) is 166 Å². The molecule has 5 amide bonds. The van der Waals surface area contributed by atoms with Gasteiger partial charge in [-0.3, -0.25) is 14.9 Å². The lowest BCUT2D eigenvalue weighted by Crippen LogP contribution is -2.44. The van der Waals surface area contributed by atoms with Gasteiger partial charge in [-0.2, -0.15) is 0 Å². The number of hydrogen-bond acceptors (Lipinski definition) is 6. The number of hydrogen-bond donors (Lipinski definition) is 5. The molecule has 0 spiro atoms. The SMILES string of the molecule is O=C(O)NCCCCCC(=O)NCC1CCN(C(=O)Nc2nccnc2C(=O)NC2Cc3ccccc3C2)CC1. The van der Waals surface area contributed by atoms with Crippen LogP contribution in [0.25, 0.3) is 0 Å². The summed E-state index contributed by atoms with van der Waals surface area (Å²) in [5.74, 6) is 0.0312. The Kier molecular flexibility index (Phi) is 10.3. The number of urea groups is 1. The van der Waals surface area contributed by atoms with Gasteiger partial charge in [-0.25, -0.2) is 19.6 Å². The fourth-order valence-corrected chi connectivity index (χ4v) is 5.16. The number of aromatic nitrogens is 2. The normalized spacial score (nSPS) is 15.2. The van der Waals surface area contributed by atoms with E-state index in [2.05, 4.69) is 43.4 Å². The van der Waals surface area contributed by atoms with Crippen molar-refractivity contribution in [1.29, 1.82) is 0 Å². The molecular weight excluding hydrogens is 514 g/mol. The van der Waals surface area contributed by atoms with Crippen molar-refractivity contribution >= 4 is 29.8 Å². The van der Waals surface area contributed by atoms with Gasteiger partial charge in [0.2, 0.25) is 5.91 Å². The van der Waals surface area contributed by atoms with Gasteiger partial charge in [-0.05, 0) is 55.6 Å². The zero-order valence-corrected chi connectivity index (χ0v) is 22.5. The van der Waals surface area contributed by atoms with Gasteiger partial charge in [-0.1, -0.05) is 30.7 Å². The summed E-state index contributed by atoms with van der Waals surface area (Å²) >= 11 is 0. The summed E-state index contributed by atoms with van der Waals surface area (Å²) in [5, 5.41) is 19.6. The van der Waals surface area contributed by atoms with Crippen LogP contribution in [0.3, 0.4) is 0 Å². The number of carbonyl (C=O) groups is 4. The molecule has 0 atom stereocenters. The Bertz CT molecular complexity index is 1170. The molecule has 0 bridgehead atoms. The highest BCUT2D eigenvalue weighted by atomic mass is 16.4. The highest BCUT2D eigenvalue weighted by Crippen LogP contribution is 2.22. The molecule has 12 heteroatoms. The van der Waals surface area contributed by atoms with Crippen molar-refractivity contribution in [3.63, 3.8) is 0 Å². The Morgan fingerprint density at radius 2 is 1.62 bits per heavy atom. The molecular formula is C28H37N7O5. The van der Waals surface area contributed by atoms with E-state index in [4.69, 9.17) is 5.11 Å². The van der Waals surface area contributed by atoms with E-state index in [0.29, 0.717) is 45.4 Å². The minimum Gasteiger partial charge on any atom is -0.465 e. The molecule has 2 aliphatic rings. The van der Waals surface area contributed by atoms with Gasteiger partial charge in [-0.15, -0.1) is 0 Å². The second-order valence-electron chi connectivity index (χ2n) is 10.3. The molecule has 2 heterocycles. The Morgan fingerprint density at radius 1 is 0.925 bits per heavy atom. The average Bonchev–Trinajstić information content (AvgIpc) is 3.36. The summed E-state index contributed by atoms with van der Waals surface area (Å²) in [4.78, 5) is 58.6.